The molecule has 0 fully saturated rings. The third-order valence-electron chi connectivity index (χ3n) is 3.56. The van der Waals surface area contributed by atoms with Gasteiger partial charge in [0.05, 0.1) is 11.7 Å². The lowest BCUT2D eigenvalue weighted by molar-refractivity contribution is -0.116. The molecule has 0 bridgehead atoms. The van der Waals surface area contributed by atoms with Crippen molar-refractivity contribution in [3.63, 3.8) is 0 Å². The molecule has 96 valence electrons. The first kappa shape index (κ1) is 11.9. The van der Waals surface area contributed by atoms with Crippen molar-refractivity contribution >= 4 is 11.6 Å². The van der Waals surface area contributed by atoms with E-state index in [-0.39, 0.29) is 17.8 Å². The average Bonchev–Trinajstić information content (AvgIpc) is 2.78. The fourth-order valence-electron chi connectivity index (χ4n) is 2.73. The summed E-state index contributed by atoms with van der Waals surface area (Å²) >= 11 is 0. The number of halogens is 1. The number of carbonyl (C=O) groups is 1. The molecule has 2 aromatic carbocycles. The van der Waals surface area contributed by atoms with Crippen molar-refractivity contribution in [1.82, 2.24) is 0 Å². The van der Waals surface area contributed by atoms with Gasteiger partial charge < -0.3 is 4.90 Å². The van der Waals surface area contributed by atoms with Crippen molar-refractivity contribution < 1.29 is 9.18 Å². The standard InChI is InChI=1S/C16H14FNO/c1-11(19)18-15(12-5-3-2-4-6-12)9-13-7-8-14(17)10-16(13)18/h2-8,10,15H,9H2,1H3. The number of nitrogens with zero attached hydrogens (tertiary/aromatic N) is 1. The van der Waals surface area contributed by atoms with Crippen molar-refractivity contribution in [3.05, 3.63) is 65.5 Å². The quantitative estimate of drug-likeness (QED) is 0.764. The summed E-state index contributed by atoms with van der Waals surface area (Å²) in [6, 6.07) is 14.5. The van der Waals surface area contributed by atoms with E-state index < -0.39 is 0 Å². The van der Waals surface area contributed by atoms with Gasteiger partial charge in [0.1, 0.15) is 5.82 Å². The Kier molecular flexibility index (Phi) is 2.82. The Morgan fingerprint density at radius 1 is 1.21 bits per heavy atom. The minimum Gasteiger partial charge on any atom is -0.304 e. The van der Waals surface area contributed by atoms with E-state index in [9.17, 15) is 9.18 Å². The molecule has 1 aliphatic heterocycles. The molecular formula is C16H14FNO. The first-order chi connectivity index (χ1) is 9.16. The number of hydrogen-bond donors (Lipinski definition) is 0. The van der Waals surface area contributed by atoms with Crippen LogP contribution in [0, 0.1) is 5.82 Å². The van der Waals surface area contributed by atoms with Crippen LogP contribution in [0.4, 0.5) is 10.1 Å². The highest BCUT2D eigenvalue weighted by Gasteiger charge is 2.33. The molecule has 0 spiro atoms. The zero-order chi connectivity index (χ0) is 13.4. The molecule has 19 heavy (non-hydrogen) atoms. The van der Waals surface area contributed by atoms with Gasteiger partial charge in [-0.3, -0.25) is 4.79 Å². The molecule has 0 N–H and O–H groups in total. The van der Waals surface area contributed by atoms with Crippen molar-refractivity contribution in [2.75, 3.05) is 4.90 Å². The van der Waals surface area contributed by atoms with Gasteiger partial charge in [0.25, 0.3) is 0 Å². The maximum atomic E-state index is 13.4. The lowest BCUT2D eigenvalue weighted by Gasteiger charge is -2.24. The number of benzene rings is 2. The lowest BCUT2D eigenvalue weighted by atomic mass is 10.0. The molecule has 0 saturated heterocycles. The molecule has 1 unspecified atom stereocenters. The van der Waals surface area contributed by atoms with Crippen LogP contribution in [0.15, 0.2) is 48.5 Å². The summed E-state index contributed by atoms with van der Waals surface area (Å²) in [5, 5.41) is 0. The summed E-state index contributed by atoms with van der Waals surface area (Å²) in [5.41, 5.74) is 2.79. The largest absolute Gasteiger partial charge is 0.304 e. The van der Waals surface area contributed by atoms with E-state index in [2.05, 4.69) is 0 Å². The Hall–Kier alpha value is -2.16. The fourth-order valence-corrected chi connectivity index (χ4v) is 2.73. The number of rotatable bonds is 1. The van der Waals surface area contributed by atoms with Crippen LogP contribution in [0.25, 0.3) is 0 Å². The van der Waals surface area contributed by atoms with Crippen molar-refractivity contribution in [3.8, 4) is 0 Å². The molecular weight excluding hydrogens is 241 g/mol. The van der Waals surface area contributed by atoms with Gasteiger partial charge in [-0.05, 0) is 29.7 Å². The normalized spacial score (nSPS) is 17.4. The van der Waals surface area contributed by atoms with E-state index in [1.807, 2.05) is 30.3 Å². The minimum absolute atomic E-state index is 0.0319. The van der Waals surface area contributed by atoms with Gasteiger partial charge >= 0.3 is 0 Å². The minimum atomic E-state index is -0.307. The SMILES string of the molecule is CC(=O)N1c2cc(F)ccc2CC1c1ccccc1. The Bertz CT molecular complexity index is 624. The van der Waals surface area contributed by atoms with Crippen LogP contribution >= 0.6 is 0 Å². The zero-order valence-electron chi connectivity index (χ0n) is 10.6. The Morgan fingerprint density at radius 3 is 2.63 bits per heavy atom. The predicted octanol–water partition coefficient (Wildman–Crippen LogP) is 3.48. The van der Waals surface area contributed by atoms with Crippen molar-refractivity contribution in [2.45, 2.75) is 19.4 Å². The highest BCUT2D eigenvalue weighted by molar-refractivity contribution is 5.94. The molecule has 1 aliphatic rings. The number of hydrogen-bond acceptors (Lipinski definition) is 1. The summed E-state index contributed by atoms with van der Waals surface area (Å²) in [6.45, 7) is 1.52. The van der Waals surface area contributed by atoms with E-state index in [1.165, 1.54) is 19.1 Å². The topological polar surface area (TPSA) is 20.3 Å². The molecule has 0 radical (unpaired) electrons. The number of fused-ring (bicyclic) bond motifs is 1. The highest BCUT2D eigenvalue weighted by Crippen LogP contribution is 2.40. The summed E-state index contributed by atoms with van der Waals surface area (Å²) in [5.74, 6) is -0.364. The molecule has 0 aliphatic carbocycles. The molecule has 2 aromatic rings. The monoisotopic (exact) mass is 255 g/mol. The maximum absolute atomic E-state index is 13.4. The average molecular weight is 255 g/mol. The second kappa shape index (κ2) is 4.50. The summed E-state index contributed by atoms with van der Waals surface area (Å²) in [6.07, 6.45) is 0.735. The molecule has 1 amide bonds. The molecule has 1 heterocycles. The first-order valence-electron chi connectivity index (χ1n) is 6.30. The number of carbonyl (C=O) groups excluding carboxylic acids is 1. The highest BCUT2D eigenvalue weighted by atomic mass is 19.1. The second-order valence-corrected chi connectivity index (χ2v) is 4.79. The summed E-state index contributed by atoms with van der Waals surface area (Å²) in [4.78, 5) is 13.6. The van der Waals surface area contributed by atoms with Gasteiger partial charge in [0.2, 0.25) is 5.91 Å². The van der Waals surface area contributed by atoms with Crippen LogP contribution in [-0.4, -0.2) is 5.91 Å². The van der Waals surface area contributed by atoms with Crippen LogP contribution in [-0.2, 0) is 11.2 Å². The molecule has 3 rings (SSSR count). The van der Waals surface area contributed by atoms with E-state index in [0.29, 0.717) is 5.69 Å². The number of amides is 1. The Morgan fingerprint density at radius 2 is 1.95 bits per heavy atom. The zero-order valence-corrected chi connectivity index (χ0v) is 10.6. The van der Waals surface area contributed by atoms with Crippen molar-refractivity contribution in [1.29, 1.82) is 0 Å². The molecule has 2 nitrogen and oxygen atoms in total. The molecule has 0 saturated carbocycles. The van der Waals surface area contributed by atoms with Gasteiger partial charge in [-0.1, -0.05) is 36.4 Å². The second-order valence-electron chi connectivity index (χ2n) is 4.79. The van der Waals surface area contributed by atoms with E-state index >= 15 is 0 Å². The van der Waals surface area contributed by atoms with Crippen LogP contribution < -0.4 is 4.90 Å². The van der Waals surface area contributed by atoms with Gasteiger partial charge in [-0.2, -0.15) is 0 Å². The molecule has 1 atom stereocenters. The maximum Gasteiger partial charge on any atom is 0.224 e. The molecule has 0 aromatic heterocycles. The van der Waals surface area contributed by atoms with Gasteiger partial charge in [0, 0.05) is 6.92 Å². The third-order valence-corrected chi connectivity index (χ3v) is 3.56. The van der Waals surface area contributed by atoms with Crippen molar-refractivity contribution in [2.24, 2.45) is 0 Å². The number of anilines is 1. The van der Waals surface area contributed by atoms with Crippen LogP contribution in [0.5, 0.6) is 0 Å². The van der Waals surface area contributed by atoms with Crippen LogP contribution in [0.3, 0.4) is 0 Å². The van der Waals surface area contributed by atoms with Crippen LogP contribution in [0.1, 0.15) is 24.1 Å². The van der Waals surface area contributed by atoms with Crippen LogP contribution in [0.2, 0.25) is 0 Å². The van der Waals surface area contributed by atoms with Gasteiger partial charge in [-0.25, -0.2) is 4.39 Å². The Balaban J connectivity index is 2.08. The smallest absolute Gasteiger partial charge is 0.224 e. The first-order valence-corrected chi connectivity index (χ1v) is 6.30. The fraction of sp³-hybridized carbons (Fsp3) is 0.188. The van der Waals surface area contributed by atoms with E-state index in [1.54, 1.807) is 11.0 Å². The molecule has 3 heteroatoms. The van der Waals surface area contributed by atoms with Gasteiger partial charge in [0.15, 0.2) is 0 Å². The Labute approximate surface area is 111 Å². The predicted molar refractivity (Wildman–Crippen MR) is 72.4 cm³/mol. The summed E-state index contributed by atoms with van der Waals surface area (Å²) in [7, 11) is 0. The summed E-state index contributed by atoms with van der Waals surface area (Å²) < 4.78 is 13.4. The third kappa shape index (κ3) is 2.01. The van der Waals surface area contributed by atoms with E-state index in [4.69, 9.17) is 0 Å². The lowest BCUT2D eigenvalue weighted by Crippen LogP contribution is -2.29. The van der Waals surface area contributed by atoms with E-state index in [0.717, 1.165) is 17.5 Å². The van der Waals surface area contributed by atoms with Gasteiger partial charge in [-0.15, -0.1) is 0 Å².